The van der Waals surface area contributed by atoms with E-state index in [9.17, 15) is 19.5 Å². The number of hydrogen-bond acceptors (Lipinski definition) is 4. The van der Waals surface area contributed by atoms with Crippen molar-refractivity contribution in [3.05, 3.63) is 59.7 Å². The van der Waals surface area contributed by atoms with Gasteiger partial charge in [-0.05, 0) is 54.4 Å². The summed E-state index contributed by atoms with van der Waals surface area (Å²) in [5.41, 5.74) is 3.76. The number of carbonyl (C=O) groups is 3. The van der Waals surface area contributed by atoms with Crippen LogP contribution in [0.1, 0.15) is 57.1 Å². The van der Waals surface area contributed by atoms with Gasteiger partial charge in [0.2, 0.25) is 5.91 Å². The molecule has 2 aliphatic rings. The number of carboxylic acid groups (broad SMARTS) is 1. The molecule has 0 bridgehead atoms. The topological polar surface area (TPSA) is 95.9 Å². The molecule has 0 aromatic heterocycles. The number of hydrogen-bond donors (Lipinski definition) is 2. The van der Waals surface area contributed by atoms with Crippen molar-refractivity contribution in [2.24, 2.45) is 11.3 Å². The highest BCUT2D eigenvalue weighted by molar-refractivity contribution is 5.86. The molecule has 2 aromatic rings. The molecule has 1 fully saturated rings. The third kappa shape index (κ3) is 5.19. The molecule has 7 heteroatoms. The number of nitrogens with one attached hydrogen (secondary N) is 1. The zero-order valence-electron chi connectivity index (χ0n) is 20.6. The molecule has 1 unspecified atom stereocenters. The summed E-state index contributed by atoms with van der Waals surface area (Å²) in [6.07, 6.45) is 0.662. The molecule has 1 heterocycles. The van der Waals surface area contributed by atoms with Gasteiger partial charge in [0.05, 0.1) is 5.41 Å². The Morgan fingerprint density at radius 3 is 2.09 bits per heavy atom. The van der Waals surface area contributed by atoms with Gasteiger partial charge in [-0.25, -0.2) is 4.79 Å². The number of fused-ring (bicyclic) bond motifs is 3. The van der Waals surface area contributed by atoms with E-state index in [2.05, 4.69) is 29.6 Å². The molecule has 7 nitrogen and oxygen atoms in total. The molecule has 1 aliphatic carbocycles. The summed E-state index contributed by atoms with van der Waals surface area (Å²) in [4.78, 5) is 39.3. The van der Waals surface area contributed by atoms with Crippen LogP contribution in [-0.4, -0.2) is 53.7 Å². The van der Waals surface area contributed by atoms with E-state index in [0.29, 0.717) is 32.4 Å². The predicted octanol–water partition coefficient (Wildman–Crippen LogP) is 4.65. The molecular formula is C28H34N2O5. The smallest absolute Gasteiger partial charge is 0.407 e. The standard InChI is InChI=1S/C28H34N2O5/c1-18(2)16-24(25(31)30-14-12-28(3,13-15-30)26(32)33)29-27(34)35-17-23-21-10-6-4-8-19(21)20-9-5-7-11-22(20)23/h4-11,18,23-24H,12-17H2,1-3H3,(H,29,34)(H,32,33). The summed E-state index contributed by atoms with van der Waals surface area (Å²) in [7, 11) is 0. The van der Waals surface area contributed by atoms with Crippen LogP contribution >= 0.6 is 0 Å². The van der Waals surface area contributed by atoms with Crippen molar-refractivity contribution in [1.29, 1.82) is 0 Å². The van der Waals surface area contributed by atoms with Crippen molar-refractivity contribution in [3.63, 3.8) is 0 Å². The van der Waals surface area contributed by atoms with Gasteiger partial charge in [-0.15, -0.1) is 0 Å². The molecule has 2 amide bonds. The van der Waals surface area contributed by atoms with Gasteiger partial charge in [0, 0.05) is 19.0 Å². The number of benzene rings is 2. The average molecular weight is 479 g/mol. The van der Waals surface area contributed by atoms with Gasteiger partial charge in [-0.1, -0.05) is 62.4 Å². The Kier molecular flexibility index (Phi) is 7.15. The molecule has 2 aromatic carbocycles. The first kappa shape index (κ1) is 24.8. The third-order valence-electron chi connectivity index (χ3n) is 7.34. The third-order valence-corrected chi connectivity index (χ3v) is 7.34. The minimum Gasteiger partial charge on any atom is -0.481 e. The summed E-state index contributed by atoms with van der Waals surface area (Å²) in [5.74, 6) is -0.880. The number of rotatable bonds is 7. The highest BCUT2D eigenvalue weighted by atomic mass is 16.5. The summed E-state index contributed by atoms with van der Waals surface area (Å²) < 4.78 is 5.66. The Morgan fingerprint density at radius 2 is 1.57 bits per heavy atom. The summed E-state index contributed by atoms with van der Waals surface area (Å²) >= 11 is 0. The first-order valence-electron chi connectivity index (χ1n) is 12.3. The lowest BCUT2D eigenvalue weighted by Gasteiger charge is -2.38. The van der Waals surface area contributed by atoms with Gasteiger partial charge in [0.15, 0.2) is 0 Å². The van der Waals surface area contributed by atoms with Crippen LogP contribution in [0.3, 0.4) is 0 Å². The number of amides is 2. The van der Waals surface area contributed by atoms with Crippen LogP contribution in [0.4, 0.5) is 4.79 Å². The maximum atomic E-state index is 13.2. The average Bonchev–Trinajstić information content (AvgIpc) is 3.16. The summed E-state index contributed by atoms with van der Waals surface area (Å²) in [5, 5.41) is 12.3. The van der Waals surface area contributed by atoms with Crippen LogP contribution in [0.15, 0.2) is 48.5 Å². The number of likely N-dealkylation sites (tertiary alicyclic amines) is 1. The van der Waals surface area contributed by atoms with E-state index in [4.69, 9.17) is 4.74 Å². The molecule has 186 valence electrons. The van der Waals surface area contributed by atoms with Gasteiger partial charge in [0.1, 0.15) is 12.6 Å². The predicted molar refractivity (Wildman–Crippen MR) is 133 cm³/mol. The Labute approximate surface area is 206 Å². The molecule has 4 rings (SSSR count). The van der Waals surface area contributed by atoms with Crippen molar-refractivity contribution >= 4 is 18.0 Å². The highest BCUT2D eigenvalue weighted by Gasteiger charge is 2.39. The lowest BCUT2D eigenvalue weighted by molar-refractivity contribution is -0.153. The molecule has 2 N–H and O–H groups in total. The van der Waals surface area contributed by atoms with Crippen LogP contribution in [0.25, 0.3) is 11.1 Å². The van der Waals surface area contributed by atoms with Gasteiger partial charge in [-0.2, -0.15) is 0 Å². The first-order valence-corrected chi connectivity index (χ1v) is 12.3. The Morgan fingerprint density at radius 1 is 1.03 bits per heavy atom. The normalized spacial score (nSPS) is 17.4. The van der Waals surface area contributed by atoms with E-state index in [-0.39, 0.29) is 24.3 Å². The molecule has 1 atom stereocenters. The van der Waals surface area contributed by atoms with Crippen LogP contribution in [0, 0.1) is 11.3 Å². The molecule has 0 saturated carbocycles. The van der Waals surface area contributed by atoms with Crippen molar-refractivity contribution in [3.8, 4) is 11.1 Å². The Hall–Kier alpha value is -3.35. The van der Waals surface area contributed by atoms with Crippen molar-refractivity contribution < 1.29 is 24.2 Å². The second-order valence-electron chi connectivity index (χ2n) is 10.3. The van der Waals surface area contributed by atoms with Crippen LogP contribution in [-0.2, 0) is 14.3 Å². The van der Waals surface area contributed by atoms with E-state index >= 15 is 0 Å². The van der Waals surface area contributed by atoms with Gasteiger partial charge in [-0.3, -0.25) is 9.59 Å². The number of carboxylic acids is 1. The fourth-order valence-electron chi connectivity index (χ4n) is 5.13. The van der Waals surface area contributed by atoms with E-state index < -0.39 is 23.5 Å². The fourth-order valence-corrected chi connectivity index (χ4v) is 5.13. The van der Waals surface area contributed by atoms with E-state index in [1.54, 1.807) is 11.8 Å². The molecule has 35 heavy (non-hydrogen) atoms. The Balaban J connectivity index is 1.40. The van der Waals surface area contributed by atoms with Crippen LogP contribution in [0.5, 0.6) is 0 Å². The van der Waals surface area contributed by atoms with Gasteiger partial charge >= 0.3 is 12.1 Å². The number of ether oxygens (including phenoxy) is 1. The van der Waals surface area contributed by atoms with E-state index in [1.807, 2.05) is 38.1 Å². The maximum absolute atomic E-state index is 13.2. The van der Waals surface area contributed by atoms with Crippen LogP contribution in [0.2, 0.25) is 0 Å². The van der Waals surface area contributed by atoms with E-state index in [1.165, 1.54) is 0 Å². The van der Waals surface area contributed by atoms with E-state index in [0.717, 1.165) is 22.3 Å². The number of aliphatic carboxylic acids is 1. The molecule has 1 aliphatic heterocycles. The molecule has 0 spiro atoms. The van der Waals surface area contributed by atoms with Crippen molar-refractivity contribution in [1.82, 2.24) is 10.2 Å². The lowest BCUT2D eigenvalue weighted by Crippen LogP contribution is -2.53. The second kappa shape index (κ2) is 10.1. The quantitative estimate of drug-likeness (QED) is 0.604. The summed E-state index contributed by atoms with van der Waals surface area (Å²) in [6, 6.07) is 15.6. The zero-order chi connectivity index (χ0) is 25.2. The minimum absolute atomic E-state index is 0.0526. The number of carbonyl (C=O) groups excluding carboxylic acids is 2. The minimum atomic E-state index is -0.833. The number of alkyl carbamates (subject to hydrolysis) is 1. The first-order chi connectivity index (χ1) is 16.7. The SMILES string of the molecule is CC(C)CC(NC(=O)OCC1c2ccccc2-c2ccccc21)C(=O)N1CCC(C)(C(=O)O)CC1. The zero-order valence-corrected chi connectivity index (χ0v) is 20.6. The van der Waals surface area contributed by atoms with Gasteiger partial charge < -0.3 is 20.1 Å². The van der Waals surface area contributed by atoms with Crippen LogP contribution < -0.4 is 5.32 Å². The maximum Gasteiger partial charge on any atom is 0.407 e. The largest absolute Gasteiger partial charge is 0.481 e. The fraction of sp³-hybridized carbons (Fsp3) is 0.464. The van der Waals surface area contributed by atoms with Crippen molar-refractivity contribution in [2.45, 2.75) is 52.0 Å². The summed E-state index contributed by atoms with van der Waals surface area (Å²) in [6.45, 7) is 6.63. The molecule has 0 radical (unpaired) electrons. The van der Waals surface area contributed by atoms with Crippen molar-refractivity contribution in [2.75, 3.05) is 19.7 Å². The second-order valence-corrected chi connectivity index (χ2v) is 10.3. The number of nitrogens with zero attached hydrogens (tertiary/aromatic N) is 1. The number of piperidine rings is 1. The monoisotopic (exact) mass is 478 g/mol. The lowest BCUT2D eigenvalue weighted by atomic mass is 9.80. The van der Waals surface area contributed by atoms with Gasteiger partial charge in [0.25, 0.3) is 0 Å². The molecular weight excluding hydrogens is 444 g/mol. The Bertz CT molecular complexity index is 1060. The molecule has 1 saturated heterocycles. The highest BCUT2D eigenvalue weighted by Crippen LogP contribution is 2.44.